The highest BCUT2D eigenvalue weighted by Gasteiger charge is 2.08. The first kappa shape index (κ1) is 9.31. The van der Waals surface area contributed by atoms with E-state index in [1.807, 2.05) is 0 Å². The van der Waals surface area contributed by atoms with Crippen molar-refractivity contribution in [2.45, 2.75) is 0 Å². The summed E-state index contributed by atoms with van der Waals surface area (Å²) in [4.78, 5) is 24.6. The highest BCUT2D eigenvalue weighted by Crippen LogP contribution is 2.04. The highest BCUT2D eigenvalue weighted by molar-refractivity contribution is 5.94. The summed E-state index contributed by atoms with van der Waals surface area (Å²) < 4.78 is 12.9. The third-order valence-electron chi connectivity index (χ3n) is 1.47. The van der Waals surface area contributed by atoms with Crippen LogP contribution >= 0.6 is 0 Å². The van der Waals surface area contributed by atoms with Crippen LogP contribution in [0.25, 0.3) is 0 Å². The van der Waals surface area contributed by atoms with E-state index in [-0.39, 0.29) is 11.3 Å². The fraction of sp³-hybridized carbons (Fsp3) is 0.125. The third kappa shape index (κ3) is 1.87. The van der Waals surface area contributed by atoms with Crippen LogP contribution in [0, 0.1) is 5.82 Å². The largest absolute Gasteiger partial charge is 0.355 e. The van der Waals surface area contributed by atoms with Crippen molar-refractivity contribution in [1.29, 1.82) is 0 Å². The Morgan fingerprint density at radius 1 is 1.69 bits per heavy atom. The van der Waals surface area contributed by atoms with Gasteiger partial charge in [-0.3, -0.25) is 9.59 Å². The quantitative estimate of drug-likeness (QED) is 0.673. The van der Waals surface area contributed by atoms with E-state index in [4.69, 9.17) is 0 Å². The molecule has 1 N–H and O–H groups in total. The van der Waals surface area contributed by atoms with E-state index in [2.05, 4.69) is 10.3 Å². The Bertz CT molecular complexity index is 352. The molecule has 0 aliphatic heterocycles. The number of hydrogen-bond donors (Lipinski definition) is 1. The Kier molecular flexibility index (Phi) is 2.69. The van der Waals surface area contributed by atoms with Crippen molar-refractivity contribution in [1.82, 2.24) is 10.3 Å². The number of halogens is 1. The summed E-state index contributed by atoms with van der Waals surface area (Å²) in [7, 11) is 1.42. The van der Waals surface area contributed by atoms with E-state index in [1.54, 1.807) is 0 Å². The van der Waals surface area contributed by atoms with Crippen LogP contribution in [0.3, 0.4) is 0 Å². The Morgan fingerprint density at radius 3 is 2.85 bits per heavy atom. The Balaban J connectivity index is 3.09. The molecule has 68 valence electrons. The first-order chi connectivity index (χ1) is 6.19. The number of carbonyl (C=O) groups excluding carboxylic acids is 2. The zero-order valence-electron chi connectivity index (χ0n) is 6.87. The van der Waals surface area contributed by atoms with Crippen LogP contribution in [0.15, 0.2) is 12.3 Å². The van der Waals surface area contributed by atoms with Crippen LogP contribution in [-0.4, -0.2) is 24.2 Å². The number of rotatable bonds is 2. The lowest BCUT2D eigenvalue weighted by atomic mass is 10.2. The minimum atomic E-state index is -0.795. The average Bonchev–Trinajstić information content (AvgIpc) is 2.16. The van der Waals surface area contributed by atoms with Gasteiger partial charge in [0.1, 0.15) is 5.69 Å². The van der Waals surface area contributed by atoms with Crippen molar-refractivity contribution in [2.75, 3.05) is 7.05 Å². The van der Waals surface area contributed by atoms with Crippen LogP contribution in [0.1, 0.15) is 20.8 Å². The molecule has 0 saturated heterocycles. The molecular formula is C8H7FN2O2. The van der Waals surface area contributed by atoms with Crippen molar-refractivity contribution in [3.05, 3.63) is 29.3 Å². The molecule has 5 heteroatoms. The van der Waals surface area contributed by atoms with Crippen LogP contribution in [0.2, 0.25) is 0 Å². The molecule has 0 spiro atoms. The molecule has 1 rings (SSSR count). The lowest BCUT2D eigenvalue weighted by molar-refractivity contribution is 0.0961. The van der Waals surface area contributed by atoms with Crippen molar-refractivity contribution >= 4 is 12.2 Å². The summed E-state index contributed by atoms with van der Waals surface area (Å²) in [5, 5.41) is 2.31. The van der Waals surface area contributed by atoms with E-state index in [0.717, 1.165) is 12.3 Å². The number of hydrogen-bond acceptors (Lipinski definition) is 3. The van der Waals surface area contributed by atoms with E-state index in [0.29, 0.717) is 6.29 Å². The number of amides is 1. The maximum Gasteiger partial charge on any atom is 0.252 e. The van der Waals surface area contributed by atoms with Gasteiger partial charge in [0.05, 0.1) is 5.56 Å². The van der Waals surface area contributed by atoms with Gasteiger partial charge in [-0.25, -0.2) is 9.37 Å². The third-order valence-corrected chi connectivity index (χ3v) is 1.47. The van der Waals surface area contributed by atoms with Gasteiger partial charge < -0.3 is 5.32 Å². The monoisotopic (exact) mass is 182 g/mol. The maximum atomic E-state index is 12.9. The fourth-order valence-corrected chi connectivity index (χ4v) is 0.804. The maximum absolute atomic E-state index is 12.9. The molecule has 0 bridgehead atoms. The topological polar surface area (TPSA) is 59.1 Å². The van der Waals surface area contributed by atoms with Crippen LogP contribution in [0.4, 0.5) is 4.39 Å². The summed E-state index contributed by atoms with van der Waals surface area (Å²) in [6.45, 7) is 0. The molecule has 13 heavy (non-hydrogen) atoms. The Labute approximate surface area is 73.8 Å². The van der Waals surface area contributed by atoms with E-state index >= 15 is 0 Å². The van der Waals surface area contributed by atoms with Crippen LogP contribution in [-0.2, 0) is 0 Å². The molecule has 0 atom stereocenters. The van der Waals surface area contributed by atoms with Gasteiger partial charge in [-0.15, -0.1) is 0 Å². The molecule has 0 radical (unpaired) electrons. The van der Waals surface area contributed by atoms with Gasteiger partial charge in [-0.2, -0.15) is 0 Å². The number of pyridine rings is 1. The Morgan fingerprint density at radius 2 is 2.38 bits per heavy atom. The zero-order chi connectivity index (χ0) is 9.84. The van der Waals surface area contributed by atoms with Crippen molar-refractivity contribution in [3.8, 4) is 0 Å². The fourth-order valence-electron chi connectivity index (χ4n) is 0.804. The summed E-state index contributed by atoms with van der Waals surface area (Å²) >= 11 is 0. The molecule has 0 aliphatic carbocycles. The van der Waals surface area contributed by atoms with Crippen molar-refractivity contribution < 1.29 is 14.0 Å². The van der Waals surface area contributed by atoms with Gasteiger partial charge in [0.2, 0.25) is 0 Å². The molecule has 0 unspecified atom stereocenters. The van der Waals surface area contributed by atoms with E-state index < -0.39 is 11.7 Å². The number of aromatic nitrogens is 1. The molecule has 1 amide bonds. The first-order valence-electron chi connectivity index (χ1n) is 3.52. The predicted molar refractivity (Wildman–Crippen MR) is 43.0 cm³/mol. The van der Waals surface area contributed by atoms with E-state index in [1.165, 1.54) is 7.05 Å². The number of carbonyl (C=O) groups is 2. The van der Waals surface area contributed by atoms with Gasteiger partial charge in [0, 0.05) is 13.2 Å². The number of aldehydes is 1. The van der Waals surface area contributed by atoms with Crippen molar-refractivity contribution in [2.24, 2.45) is 0 Å². The Hall–Kier alpha value is -1.78. The zero-order valence-corrected chi connectivity index (χ0v) is 6.87. The summed E-state index contributed by atoms with van der Waals surface area (Å²) in [5.41, 5.74) is -0.210. The second-order valence-corrected chi connectivity index (χ2v) is 2.29. The lowest BCUT2D eigenvalue weighted by Crippen LogP contribution is -2.18. The van der Waals surface area contributed by atoms with Gasteiger partial charge in [-0.1, -0.05) is 0 Å². The molecule has 0 fully saturated rings. The minimum absolute atomic E-state index is 0.0885. The molecule has 0 aromatic carbocycles. The average molecular weight is 182 g/mol. The number of nitrogens with zero attached hydrogens (tertiary/aromatic N) is 1. The van der Waals surface area contributed by atoms with Crippen LogP contribution in [0.5, 0.6) is 0 Å². The normalized spacial score (nSPS) is 9.38. The second kappa shape index (κ2) is 3.75. The summed E-state index contributed by atoms with van der Waals surface area (Å²) in [6, 6.07) is 0.968. The molecule has 0 aliphatic rings. The molecule has 4 nitrogen and oxygen atoms in total. The van der Waals surface area contributed by atoms with Gasteiger partial charge >= 0.3 is 0 Å². The second-order valence-electron chi connectivity index (χ2n) is 2.29. The van der Waals surface area contributed by atoms with Gasteiger partial charge in [-0.05, 0) is 6.07 Å². The molecule has 0 saturated carbocycles. The van der Waals surface area contributed by atoms with Gasteiger partial charge in [0.25, 0.3) is 5.91 Å². The van der Waals surface area contributed by atoms with Gasteiger partial charge in [0.15, 0.2) is 12.1 Å². The minimum Gasteiger partial charge on any atom is -0.355 e. The van der Waals surface area contributed by atoms with Crippen molar-refractivity contribution in [3.63, 3.8) is 0 Å². The van der Waals surface area contributed by atoms with E-state index in [9.17, 15) is 14.0 Å². The summed E-state index contributed by atoms with van der Waals surface area (Å²) in [5.74, 6) is -1.24. The highest BCUT2D eigenvalue weighted by atomic mass is 19.1. The predicted octanol–water partition coefficient (Wildman–Crippen LogP) is 0.393. The smallest absolute Gasteiger partial charge is 0.252 e. The molecule has 1 aromatic rings. The summed E-state index contributed by atoms with van der Waals surface area (Å²) in [6.07, 6.45) is 1.44. The number of nitrogens with one attached hydrogen (secondary N) is 1. The SMILES string of the molecule is CNC(=O)c1cnc(C=O)c(F)c1. The standard InChI is InChI=1S/C8H7FN2O2/c1-10-8(13)5-2-6(9)7(4-12)11-3-5/h2-4H,1H3,(H,10,13). The molecular weight excluding hydrogens is 175 g/mol. The molecule has 1 heterocycles. The van der Waals surface area contributed by atoms with Crippen LogP contribution < -0.4 is 5.32 Å². The molecule has 1 aromatic heterocycles. The lowest BCUT2D eigenvalue weighted by Gasteiger charge is -1.99. The first-order valence-corrected chi connectivity index (χ1v) is 3.52.